The topological polar surface area (TPSA) is 82.7 Å². The van der Waals surface area contributed by atoms with E-state index in [0.717, 1.165) is 5.82 Å². The van der Waals surface area contributed by atoms with Crippen LogP contribution in [0.5, 0.6) is 0 Å². The van der Waals surface area contributed by atoms with Crippen molar-refractivity contribution in [2.75, 3.05) is 31.1 Å². The van der Waals surface area contributed by atoms with Gasteiger partial charge in [0, 0.05) is 43.0 Å². The Bertz CT molecular complexity index is 981. The van der Waals surface area contributed by atoms with E-state index in [-0.39, 0.29) is 11.7 Å². The minimum Gasteiger partial charge on any atom is -0.385 e. The first-order chi connectivity index (χ1) is 14.0. The number of aliphatic hydroxyl groups is 1. The number of aliphatic hydroxyl groups excluding tert-OH is 1. The molecule has 0 saturated carbocycles. The van der Waals surface area contributed by atoms with Crippen LogP contribution in [-0.4, -0.2) is 52.2 Å². The van der Waals surface area contributed by atoms with E-state index in [2.05, 4.69) is 15.0 Å². The predicted octanol–water partition coefficient (Wildman–Crippen LogP) is 3.41. The van der Waals surface area contributed by atoms with Crippen molar-refractivity contribution in [1.29, 1.82) is 0 Å². The second kappa shape index (κ2) is 8.23. The van der Waals surface area contributed by atoms with E-state index in [9.17, 15) is 9.90 Å². The summed E-state index contributed by atoms with van der Waals surface area (Å²) in [6, 6.07) is 12.8. The minimum absolute atomic E-state index is 0.173. The van der Waals surface area contributed by atoms with E-state index in [4.69, 9.17) is 16.1 Å². The first-order valence-corrected chi connectivity index (χ1v) is 9.81. The Morgan fingerprint density at radius 3 is 2.48 bits per heavy atom. The van der Waals surface area contributed by atoms with Crippen molar-refractivity contribution < 1.29 is 14.4 Å². The number of benzene rings is 1. The van der Waals surface area contributed by atoms with Crippen molar-refractivity contribution in [3.63, 3.8) is 0 Å². The second-order valence-electron chi connectivity index (χ2n) is 6.92. The maximum atomic E-state index is 13.3. The zero-order valence-corrected chi connectivity index (χ0v) is 16.7. The van der Waals surface area contributed by atoms with Crippen molar-refractivity contribution in [3.8, 4) is 11.3 Å². The number of pyridine rings is 1. The Morgan fingerprint density at radius 2 is 1.86 bits per heavy atom. The maximum absolute atomic E-state index is 13.3. The number of hydrogen-bond acceptors (Lipinski definition) is 6. The highest BCUT2D eigenvalue weighted by atomic mass is 35.5. The van der Waals surface area contributed by atoms with Gasteiger partial charge in [0.2, 0.25) is 0 Å². The van der Waals surface area contributed by atoms with E-state index in [1.807, 2.05) is 18.2 Å². The fraction of sp³-hybridized carbons (Fsp3) is 0.286. The molecule has 1 aromatic carbocycles. The molecule has 1 atom stereocenters. The molecule has 0 aliphatic carbocycles. The summed E-state index contributed by atoms with van der Waals surface area (Å²) in [5.41, 5.74) is 1.42. The second-order valence-corrected chi connectivity index (χ2v) is 7.36. The average Bonchev–Trinajstić information content (AvgIpc) is 3.20. The number of hydrogen-bond donors (Lipinski definition) is 1. The predicted molar refractivity (Wildman–Crippen MR) is 110 cm³/mol. The standard InChI is InChI=1S/C21H21ClN4O3/c1-14(27)20-18(19(24-29-20)15-5-7-16(22)8-6-15)21(28)26-12-10-25(11-13-26)17-4-2-3-9-23-17/h2-9,14,27H,10-13H2,1H3. The van der Waals surface area contributed by atoms with Crippen molar-refractivity contribution in [3.05, 3.63) is 65.0 Å². The van der Waals surface area contributed by atoms with Crippen molar-refractivity contribution in [2.24, 2.45) is 0 Å². The number of rotatable bonds is 4. The monoisotopic (exact) mass is 412 g/mol. The Kier molecular flexibility index (Phi) is 5.51. The van der Waals surface area contributed by atoms with E-state index >= 15 is 0 Å². The molecule has 0 spiro atoms. The van der Waals surface area contributed by atoms with Crippen LogP contribution in [0.1, 0.15) is 29.1 Å². The van der Waals surface area contributed by atoms with Crippen molar-refractivity contribution in [2.45, 2.75) is 13.0 Å². The average molecular weight is 413 g/mol. The number of carbonyl (C=O) groups is 1. The Morgan fingerprint density at radius 1 is 1.14 bits per heavy atom. The largest absolute Gasteiger partial charge is 0.385 e. The van der Waals surface area contributed by atoms with Gasteiger partial charge in [-0.25, -0.2) is 4.98 Å². The van der Waals surface area contributed by atoms with E-state index in [1.165, 1.54) is 0 Å². The number of piperazine rings is 1. The molecule has 1 unspecified atom stereocenters. The molecule has 29 heavy (non-hydrogen) atoms. The van der Waals surface area contributed by atoms with Gasteiger partial charge in [0.15, 0.2) is 5.76 Å². The van der Waals surface area contributed by atoms with Crippen LogP contribution >= 0.6 is 11.6 Å². The zero-order chi connectivity index (χ0) is 20.4. The van der Waals surface area contributed by atoms with Gasteiger partial charge >= 0.3 is 0 Å². The minimum atomic E-state index is -0.947. The van der Waals surface area contributed by atoms with Gasteiger partial charge in [-0.1, -0.05) is 35.0 Å². The zero-order valence-electron chi connectivity index (χ0n) is 16.0. The summed E-state index contributed by atoms with van der Waals surface area (Å²) >= 11 is 5.97. The summed E-state index contributed by atoms with van der Waals surface area (Å²) in [5, 5.41) is 14.8. The molecule has 1 aliphatic rings. The third-order valence-corrected chi connectivity index (χ3v) is 5.22. The first-order valence-electron chi connectivity index (χ1n) is 9.43. The molecule has 1 saturated heterocycles. The van der Waals surface area contributed by atoms with Crippen LogP contribution in [-0.2, 0) is 0 Å². The number of carbonyl (C=O) groups excluding carboxylic acids is 1. The SMILES string of the molecule is CC(O)c1onc(-c2ccc(Cl)cc2)c1C(=O)N1CCN(c2ccccn2)CC1. The molecular formula is C21H21ClN4O3. The van der Waals surface area contributed by atoms with Crippen molar-refractivity contribution in [1.82, 2.24) is 15.0 Å². The van der Waals surface area contributed by atoms with Crippen LogP contribution in [0, 0.1) is 0 Å². The molecule has 4 rings (SSSR count). The number of anilines is 1. The van der Waals surface area contributed by atoms with Crippen LogP contribution in [0.15, 0.2) is 53.2 Å². The molecule has 2 aromatic heterocycles. The fourth-order valence-corrected chi connectivity index (χ4v) is 3.56. The molecule has 1 aliphatic heterocycles. The lowest BCUT2D eigenvalue weighted by atomic mass is 10.0. The van der Waals surface area contributed by atoms with Gasteiger partial charge in [-0.2, -0.15) is 0 Å². The maximum Gasteiger partial charge on any atom is 0.259 e. The molecule has 150 valence electrons. The van der Waals surface area contributed by atoms with Gasteiger partial charge < -0.3 is 19.4 Å². The molecule has 0 radical (unpaired) electrons. The molecule has 3 heterocycles. The third-order valence-electron chi connectivity index (χ3n) is 4.97. The molecule has 1 fully saturated rings. The Hall–Kier alpha value is -2.90. The number of amides is 1. The Labute approximate surface area is 173 Å². The number of aromatic nitrogens is 2. The normalized spacial score (nSPS) is 15.4. The summed E-state index contributed by atoms with van der Waals surface area (Å²) in [6.07, 6.45) is 0.814. The number of halogens is 1. The Balaban J connectivity index is 1.58. The molecule has 0 bridgehead atoms. The lowest BCUT2D eigenvalue weighted by Gasteiger charge is -2.35. The molecule has 1 amide bonds. The quantitative estimate of drug-likeness (QED) is 0.707. The van der Waals surface area contributed by atoms with Gasteiger partial charge in [-0.15, -0.1) is 0 Å². The van der Waals surface area contributed by atoms with E-state index < -0.39 is 6.10 Å². The van der Waals surface area contributed by atoms with Gasteiger partial charge in [-0.05, 0) is 31.2 Å². The van der Waals surface area contributed by atoms with E-state index in [1.54, 1.807) is 42.3 Å². The lowest BCUT2D eigenvalue weighted by Crippen LogP contribution is -2.49. The molecule has 7 nitrogen and oxygen atoms in total. The highest BCUT2D eigenvalue weighted by Gasteiger charge is 2.31. The third kappa shape index (κ3) is 3.97. The molecular weight excluding hydrogens is 392 g/mol. The summed E-state index contributed by atoms with van der Waals surface area (Å²) < 4.78 is 5.34. The highest BCUT2D eigenvalue weighted by molar-refractivity contribution is 6.30. The highest BCUT2D eigenvalue weighted by Crippen LogP contribution is 2.31. The van der Waals surface area contributed by atoms with Crippen LogP contribution in [0.4, 0.5) is 5.82 Å². The van der Waals surface area contributed by atoms with Crippen LogP contribution in [0.25, 0.3) is 11.3 Å². The van der Waals surface area contributed by atoms with Gasteiger partial charge in [0.25, 0.3) is 5.91 Å². The van der Waals surface area contributed by atoms with Crippen molar-refractivity contribution >= 4 is 23.3 Å². The van der Waals surface area contributed by atoms with Crippen LogP contribution in [0.3, 0.4) is 0 Å². The smallest absolute Gasteiger partial charge is 0.259 e. The van der Waals surface area contributed by atoms with Gasteiger partial charge in [0.1, 0.15) is 23.2 Å². The molecule has 8 heteroatoms. The summed E-state index contributed by atoms with van der Waals surface area (Å²) in [4.78, 5) is 21.6. The van der Waals surface area contributed by atoms with Gasteiger partial charge in [-0.3, -0.25) is 4.79 Å². The lowest BCUT2D eigenvalue weighted by molar-refractivity contribution is 0.0735. The fourth-order valence-electron chi connectivity index (χ4n) is 3.44. The first kappa shape index (κ1) is 19.4. The molecule has 3 aromatic rings. The van der Waals surface area contributed by atoms with Crippen LogP contribution < -0.4 is 4.90 Å². The summed E-state index contributed by atoms with van der Waals surface area (Å²) in [7, 11) is 0. The van der Waals surface area contributed by atoms with E-state index in [0.29, 0.717) is 48.0 Å². The molecule has 1 N–H and O–H groups in total. The van der Waals surface area contributed by atoms with Gasteiger partial charge in [0.05, 0.1) is 0 Å². The number of nitrogens with zero attached hydrogens (tertiary/aromatic N) is 4. The summed E-state index contributed by atoms with van der Waals surface area (Å²) in [5.74, 6) is 0.871. The summed E-state index contributed by atoms with van der Waals surface area (Å²) in [6.45, 7) is 3.99. The van der Waals surface area contributed by atoms with Crippen LogP contribution in [0.2, 0.25) is 5.02 Å².